The average Bonchev–Trinajstić information content (AvgIpc) is 3.37. The molecular weight excluding hydrogens is 376 g/mol. The second-order valence-corrected chi connectivity index (χ2v) is 7.69. The van der Waals surface area contributed by atoms with Gasteiger partial charge in [-0.25, -0.2) is 0 Å². The highest BCUT2D eigenvalue weighted by Crippen LogP contribution is 2.25. The maximum atomic E-state index is 12.8. The maximum Gasteiger partial charge on any atom is 0.274 e. The molecule has 1 aromatic carbocycles. The van der Waals surface area contributed by atoms with Crippen LogP contribution in [-0.4, -0.2) is 38.6 Å². The van der Waals surface area contributed by atoms with Crippen LogP contribution in [0.5, 0.6) is 0 Å². The molecule has 6 nitrogen and oxygen atoms in total. The monoisotopic (exact) mass is 398 g/mol. The third-order valence-corrected chi connectivity index (χ3v) is 5.61. The lowest BCUT2D eigenvalue weighted by atomic mass is 9.94. The van der Waals surface area contributed by atoms with Gasteiger partial charge in [-0.3, -0.25) is 4.79 Å². The first-order valence-corrected chi connectivity index (χ1v) is 10.0. The number of hydrogen-bond donors (Lipinski definition) is 0. The molecule has 1 aliphatic rings. The van der Waals surface area contributed by atoms with E-state index < -0.39 is 0 Å². The van der Waals surface area contributed by atoms with Gasteiger partial charge in [-0.2, -0.15) is 4.98 Å². The van der Waals surface area contributed by atoms with Crippen molar-refractivity contribution in [1.29, 1.82) is 0 Å². The van der Waals surface area contributed by atoms with Crippen molar-refractivity contribution in [2.45, 2.75) is 44.7 Å². The summed E-state index contributed by atoms with van der Waals surface area (Å²) in [4.78, 5) is 19.2. The normalized spacial score (nSPS) is 14.9. The van der Waals surface area contributed by atoms with Gasteiger partial charge < -0.3 is 14.0 Å². The molecule has 3 aromatic rings. The molecule has 1 aliphatic carbocycles. The van der Waals surface area contributed by atoms with Gasteiger partial charge in [-0.15, -0.1) is 0 Å². The van der Waals surface area contributed by atoms with E-state index in [4.69, 9.17) is 16.1 Å². The zero-order valence-corrected chi connectivity index (χ0v) is 16.6. The molecule has 4 rings (SSSR count). The summed E-state index contributed by atoms with van der Waals surface area (Å²) in [7, 11) is 1.91. The number of carbonyl (C=O) groups excluding carboxylic acids is 1. The molecular formula is C21H23ClN4O2. The zero-order valence-electron chi connectivity index (χ0n) is 15.8. The smallest absolute Gasteiger partial charge is 0.274 e. The number of halogens is 1. The molecule has 0 unspecified atom stereocenters. The standard InChI is InChI=1S/C21H23ClN4O2/c1-25(17-9-3-2-4-10-17)19(27)14-26-12-6-11-18(26)21-23-20(24-28-21)15-7-5-8-16(22)13-15/h5-8,11-13,17H,2-4,9-10,14H2,1H3. The van der Waals surface area contributed by atoms with Crippen LogP contribution in [0.1, 0.15) is 32.1 Å². The quantitative estimate of drug-likeness (QED) is 0.627. The first-order valence-electron chi connectivity index (χ1n) is 9.62. The predicted octanol–water partition coefficient (Wildman–Crippen LogP) is 4.65. The molecule has 0 spiro atoms. The van der Waals surface area contributed by atoms with Crippen molar-refractivity contribution in [3.63, 3.8) is 0 Å². The minimum absolute atomic E-state index is 0.0962. The van der Waals surface area contributed by atoms with Crippen LogP contribution in [0.3, 0.4) is 0 Å². The first kappa shape index (κ1) is 18.7. The maximum absolute atomic E-state index is 12.8. The van der Waals surface area contributed by atoms with Crippen LogP contribution in [0.2, 0.25) is 5.02 Å². The molecule has 1 fully saturated rings. The van der Waals surface area contributed by atoms with Crippen LogP contribution in [0, 0.1) is 0 Å². The highest BCUT2D eigenvalue weighted by molar-refractivity contribution is 6.30. The molecule has 0 saturated heterocycles. The SMILES string of the molecule is CN(C(=O)Cn1cccc1-c1nc(-c2cccc(Cl)c2)no1)C1CCCCC1. The Bertz CT molecular complexity index is 959. The van der Waals surface area contributed by atoms with Crippen LogP contribution in [0.25, 0.3) is 23.0 Å². The summed E-state index contributed by atoms with van der Waals surface area (Å²) < 4.78 is 7.31. The Labute approximate surface area is 169 Å². The fourth-order valence-corrected chi connectivity index (χ4v) is 3.94. The summed E-state index contributed by atoms with van der Waals surface area (Å²) in [5, 5.41) is 4.67. The Hall–Kier alpha value is -2.60. The second kappa shape index (κ2) is 8.19. The lowest BCUT2D eigenvalue weighted by molar-refractivity contribution is -0.133. The fraction of sp³-hybridized carbons (Fsp3) is 0.381. The summed E-state index contributed by atoms with van der Waals surface area (Å²) >= 11 is 6.04. The fourth-order valence-electron chi connectivity index (χ4n) is 3.75. The minimum Gasteiger partial charge on any atom is -0.341 e. The van der Waals surface area contributed by atoms with Crippen LogP contribution in [0.15, 0.2) is 47.1 Å². The van der Waals surface area contributed by atoms with E-state index in [-0.39, 0.29) is 12.5 Å². The highest BCUT2D eigenvalue weighted by Gasteiger charge is 2.23. The van der Waals surface area contributed by atoms with Crippen molar-refractivity contribution in [1.82, 2.24) is 19.6 Å². The zero-order chi connectivity index (χ0) is 19.5. The minimum atomic E-state index is 0.0962. The number of carbonyl (C=O) groups is 1. The Morgan fingerprint density at radius 3 is 2.86 bits per heavy atom. The molecule has 28 heavy (non-hydrogen) atoms. The lowest BCUT2D eigenvalue weighted by Gasteiger charge is -2.31. The van der Waals surface area contributed by atoms with E-state index in [1.54, 1.807) is 12.1 Å². The Morgan fingerprint density at radius 2 is 2.07 bits per heavy atom. The van der Waals surface area contributed by atoms with Crippen molar-refractivity contribution in [3.05, 3.63) is 47.6 Å². The van der Waals surface area contributed by atoms with Gasteiger partial charge >= 0.3 is 0 Å². The Morgan fingerprint density at radius 1 is 1.25 bits per heavy atom. The number of nitrogens with zero attached hydrogens (tertiary/aromatic N) is 4. The van der Waals surface area contributed by atoms with Crippen LogP contribution < -0.4 is 0 Å². The number of rotatable bonds is 5. The van der Waals surface area contributed by atoms with Crippen molar-refractivity contribution < 1.29 is 9.32 Å². The van der Waals surface area contributed by atoms with E-state index in [1.165, 1.54) is 19.3 Å². The van der Waals surface area contributed by atoms with Crippen LogP contribution in [0.4, 0.5) is 0 Å². The first-order chi connectivity index (χ1) is 13.6. The molecule has 1 amide bonds. The molecule has 0 radical (unpaired) electrons. The van der Waals surface area contributed by atoms with Gasteiger partial charge in [0, 0.05) is 29.9 Å². The number of hydrogen-bond acceptors (Lipinski definition) is 4. The Kier molecular flexibility index (Phi) is 5.48. The van der Waals surface area contributed by atoms with Crippen LogP contribution >= 0.6 is 11.6 Å². The molecule has 0 aliphatic heterocycles. The summed E-state index contributed by atoms with van der Waals surface area (Å²) in [5.41, 5.74) is 1.51. The van der Waals surface area contributed by atoms with Crippen molar-refractivity contribution in [3.8, 4) is 23.0 Å². The van der Waals surface area contributed by atoms with Gasteiger partial charge in [0.25, 0.3) is 5.89 Å². The van der Waals surface area contributed by atoms with Crippen molar-refractivity contribution in [2.75, 3.05) is 7.05 Å². The molecule has 146 valence electrons. The van der Waals surface area contributed by atoms with Gasteiger partial charge in [0.2, 0.25) is 11.7 Å². The van der Waals surface area contributed by atoms with E-state index >= 15 is 0 Å². The van der Waals surface area contributed by atoms with E-state index in [0.717, 1.165) is 24.1 Å². The largest absolute Gasteiger partial charge is 0.341 e. The summed E-state index contributed by atoms with van der Waals surface area (Å²) in [6.45, 7) is 0.254. The molecule has 1 saturated carbocycles. The van der Waals surface area contributed by atoms with Crippen molar-refractivity contribution >= 4 is 17.5 Å². The van der Waals surface area contributed by atoms with E-state index in [0.29, 0.717) is 22.8 Å². The number of likely N-dealkylation sites (N-methyl/N-ethyl adjacent to an activating group) is 1. The van der Waals surface area contributed by atoms with Crippen LogP contribution in [-0.2, 0) is 11.3 Å². The van der Waals surface area contributed by atoms with Gasteiger partial charge in [0.05, 0.1) is 0 Å². The number of benzene rings is 1. The van der Waals surface area contributed by atoms with Gasteiger partial charge in [0.15, 0.2) is 0 Å². The molecule has 2 aromatic heterocycles. The Balaban J connectivity index is 1.51. The molecule has 0 bridgehead atoms. The number of amides is 1. The second-order valence-electron chi connectivity index (χ2n) is 7.25. The third-order valence-electron chi connectivity index (χ3n) is 5.38. The molecule has 2 heterocycles. The lowest BCUT2D eigenvalue weighted by Crippen LogP contribution is -2.40. The van der Waals surface area contributed by atoms with E-state index in [2.05, 4.69) is 10.1 Å². The molecule has 0 atom stereocenters. The van der Waals surface area contributed by atoms with E-state index in [9.17, 15) is 4.79 Å². The highest BCUT2D eigenvalue weighted by atomic mass is 35.5. The van der Waals surface area contributed by atoms with Crippen molar-refractivity contribution in [2.24, 2.45) is 0 Å². The average molecular weight is 399 g/mol. The summed E-state index contributed by atoms with van der Waals surface area (Å²) in [5.74, 6) is 0.947. The van der Waals surface area contributed by atoms with Gasteiger partial charge in [-0.1, -0.05) is 48.2 Å². The third kappa shape index (κ3) is 3.97. The van der Waals surface area contributed by atoms with Gasteiger partial charge in [-0.05, 0) is 37.1 Å². The topological polar surface area (TPSA) is 64.2 Å². The summed E-state index contributed by atoms with van der Waals surface area (Å²) in [6, 6.07) is 11.4. The van der Waals surface area contributed by atoms with Gasteiger partial charge in [0.1, 0.15) is 12.2 Å². The molecule has 7 heteroatoms. The predicted molar refractivity (Wildman–Crippen MR) is 108 cm³/mol. The molecule has 0 N–H and O–H groups in total. The number of aromatic nitrogens is 3. The van der Waals surface area contributed by atoms with E-state index in [1.807, 2.05) is 47.0 Å². The summed E-state index contributed by atoms with van der Waals surface area (Å²) in [6.07, 6.45) is 7.72.